The van der Waals surface area contributed by atoms with Crippen molar-refractivity contribution in [2.45, 2.75) is 11.8 Å². The van der Waals surface area contributed by atoms with Gasteiger partial charge in [-0.1, -0.05) is 66.7 Å². The van der Waals surface area contributed by atoms with E-state index in [9.17, 15) is 8.42 Å². The Labute approximate surface area is 186 Å². The Morgan fingerprint density at radius 2 is 1.50 bits per heavy atom. The second kappa shape index (κ2) is 7.94. The van der Waals surface area contributed by atoms with Gasteiger partial charge in [-0.25, -0.2) is 13.1 Å². The molecule has 7 heteroatoms. The molecule has 0 fully saturated rings. The Balaban J connectivity index is 1.66. The summed E-state index contributed by atoms with van der Waals surface area (Å²) in [7, 11) is -3.95. The highest BCUT2D eigenvalue weighted by Gasteiger charge is 2.25. The highest BCUT2D eigenvalue weighted by molar-refractivity contribution is 7.92. The molecule has 0 saturated carbocycles. The molecule has 0 atom stereocenters. The van der Waals surface area contributed by atoms with Crippen molar-refractivity contribution in [1.82, 2.24) is 14.8 Å². The zero-order valence-corrected chi connectivity index (χ0v) is 18.1. The van der Waals surface area contributed by atoms with Gasteiger partial charge in [-0.05, 0) is 31.2 Å². The third-order valence-electron chi connectivity index (χ3n) is 5.13. The van der Waals surface area contributed by atoms with Crippen LogP contribution >= 0.6 is 0 Å². The molecule has 1 N–H and O–H groups in total. The number of nitrogens with one attached hydrogen (secondary N) is 1. The first-order valence-corrected chi connectivity index (χ1v) is 11.6. The Morgan fingerprint density at radius 1 is 0.844 bits per heavy atom. The van der Waals surface area contributed by atoms with Crippen LogP contribution in [0.1, 0.15) is 5.69 Å². The number of hydrogen-bond donors (Lipinski definition) is 1. The minimum absolute atomic E-state index is 0.103. The van der Waals surface area contributed by atoms with E-state index in [2.05, 4.69) is 14.8 Å². The van der Waals surface area contributed by atoms with Crippen molar-refractivity contribution in [1.29, 1.82) is 0 Å². The van der Waals surface area contributed by atoms with Crippen LogP contribution in [0, 0.1) is 6.92 Å². The average molecular weight is 441 g/mol. The number of aryl methyl sites for hydroxylation is 1. The van der Waals surface area contributed by atoms with Crippen LogP contribution < -0.4 is 4.72 Å². The normalized spacial score (nSPS) is 11.5. The van der Waals surface area contributed by atoms with Crippen LogP contribution in [0.15, 0.2) is 102 Å². The summed E-state index contributed by atoms with van der Waals surface area (Å²) in [6.07, 6.45) is 1.55. The number of nitrogens with zero attached hydrogens (tertiary/aromatic N) is 3. The lowest BCUT2D eigenvalue weighted by Gasteiger charge is -2.11. The average Bonchev–Trinajstić information content (AvgIpc) is 3.27. The molecular formula is C25H20N4O2S. The SMILES string of the molecule is Cc1cc(NS(=O)(=O)c2cn(-c3ccccc3)nc2-c2ccccc2)c2ccccc2n1. The second-order valence-electron chi connectivity index (χ2n) is 7.42. The maximum Gasteiger partial charge on any atom is 0.265 e. The number of aromatic nitrogens is 3. The fraction of sp³-hybridized carbons (Fsp3) is 0.0400. The van der Waals surface area contributed by atoms with E-state index in [0.29, 0.717) is 11.4 Å². The molecule has 0 amide bonds. The van der Waals surface area contributed by atoms with E-state index < -0.39 is 10.0 Å². The van der Waals surface area contributed by atoms with E-state index in [4.69, 9.17) is 0 Å². The smallest absolute Gasteiger partial charge is 0.265 e. The van der Waals surface area contributed by atoms with Gasteiger partial charge in [0.2, 0.25) is 0 Å². The zero-order chi connectivity index (χ0) is 22.1. The molecule has 6 nitrogen and oxygen atoms in total. The summed E-state index contributed by atoms with van der Waals surface area (Å²) in [5.74, 6) is 0. The minimum atomic E-state index is -3.95. The Bertz CT molecular complexity index is 1510. The summed E-state index contributed by atoms with van der Waals surface area (Å²) in [6, 6.07) is 27.9. The van der Waals surface area contributed by atoms with Crippen LogP contribution in [0.5, 0.6) is 0 Å². The molecule has 5 rings (SSSR count). The zero-order valence-electron chi connectivity index (χ0n) is 17.3. The summed E-state index contributed by atoms with van der Waals surface area (Å²) in [5, 5.41) is 5.36. The number of fused-ring (bicyclic) bond motifs is 1. The molecule has 0 bridgehead atoms. The highest BCUT2D eigenvalue weighted by atomic mass is 32.2. The Kier molecular flexibility index (Phi) is 4.95. The lowest BCUT2D eigenvalue weighted by atomic mass is 10.2. The molecule has 0 aliphatic carbocycles. The molecule has 0 radical (unpaired) electrons. The maximum absolute atomic E-state index is 13.6. The van der Waals surface area contributed by atoms with Crippen LogP contribution in [-0.4, -0.2) is 23.2 Å². The first-order chi connectivity index (χ1) is 15.5. The van der Waals surface area contributed by atoms with E-state index in [1.165, 1.54) is 0 Å². The van der Waals surface area contributed by atoms with Gasteiger partial charge in [-0.3, -0.25) is 9.71 Å². The molecule has 32 heavy (non-hydrogen) atoms. The molecular weight excluding hydrogens is 420 g/mol. The number of benzene rings is 3. The fourth-order valence-electron chi connectivity index (χ4n) is 3.66. The lowest BCUT2D eigenvalue weighted by Crippen LogP contribution is -2.14. The number of rotatable bonds is 5. The van der Waals surface area contributed by atoms with Crippen molar-refractivity contribution in [3.8, 4) is 16.9 Å². The Morgan fingerprint density at radius 3 is 2.25 bits per heavy atom. The monoisotopic (exact) mass is 440 g/mol. The topological polar surface area (TPSA) is 76.9 Å². The summed E-state index contributed by atoms with van der Waals surface area (Å²) in [5.41, 5.74) is 3.82. The van der Waals surface area contributed by atoms with Gasteiger partial charge in [0.05, 0.1) is 23.1 Å². The van der Waals surface area contributed by atoms with Crippen molar-refractivity contribution < 1.29 is 8.42 Å². The van der Waals surface area contributed by atoms with Crippen molar-refractivity contribution in [3.05, 3.63) is 103 Å². The van der Waals surface area contributed by atoms with E-state index in [0.717, 1.165) is 27.8 Å². The predicted octanol–water partition coefficient (Wildman–Crippen LogP) is 5.20. The quantitative estimate of drug-likeness (QED) is 0.408. The lowest BCUT2D eigenvalue weighted by molar-refractivity contribution is 0.601. The molecule has 158 valence electrons. The second-order valence-corrected chi connectivity index (χ2v) is 9.07. The van der Waals surface area contributed by atoms with E-state index >= 15 is 0 Å². The van der Waals surface area contributed by atoms with E-state index in [-0.39, 0.29) is 4.90 Å². The summed E-state index contributed by atoms with van der Waals surface area (Å²) < 4.78 is 31.6. The number of anilines is 1. The number of hydrogen-bond acceptors (Lipinski definition) is 4. The number of sulfonamides is 1. The van der Waals surface area contributed by atoms with Gasteiger partial charge in [0.25, 0.3) is 10.0 Å². The molecule has 0 saturated heterocycles. The predicted molar refractivity (Wildman–Crippen MR) is 126 cm³/mol. The molecule has 2 aromatic heterocycles. The summed E-state index contributed by atoms with van der Waals surface area (Å²) >= 11 is 0. The molecule has 5 aromatic rings. The third kappa shape index (κ3) is 3.74. The molecule has 0 aliphatic heterocycles. The molecule has 2 heterocycles. The standard InChI is InChI=1S/C25H20N4O2S/c1-18-16-23(21-14-8-9-15-22(21)26-18)28-32(30,31)24-17-29(20-12-6-3-7-13-20)27-25(24)19-10-4-2-5-11-19/h2-17H,1H3,(H,26,28). The van der Waals surface area contributed by atoms with Crippen LogP contribution in [0.25, 0.3) is 27.8 Å². The number of para-hydroxylation sites is 2. The highest BCUT2D eigenvalue weighted by Crippen LogP contribution is 2.31. The minimum Gasteiger partial charge on any atom is -0.279 e. The van der Waals surface area contributed by atoms with Gasteiger partial charge in [-0.2, -0.15) is 5.10 Å². The van der Waals surface area contributed by atoms with E-state index in [1.807, 2.05) is 91.9 Å². The molecule has 3 aromatic carbocycles. The Hall–Kier alpha value is -3.97. The largest absolute Gasteiger partial charge is 0.279 e. The first-order valence-electron chi connectivity index (χ1n) is 10.1. The third-order valence-corrected chi connectivity index (χ3v) is 6.49. The van der Waals surface area contributed by atoms with Gasteiger partial charge < -0.3 is 0 Å². The van der Waals surface area contributed by atoms with Gasteiger partial charge in [0.15, 0.2) is 0 Å². The molecule has 0 unspecified atom stereocenters. The van der Waals surface area contributed by atoms with Crippen molar-refractivity contribution >= 4 is 26.6 Å². The van der Waals surface area contributed by atoms with Crippen LogP contribution in [0.4, 0.5) is 5.69 Å². The van der Waals surface area contributed by atoms with Crippen molar-refractivity contribution in [2.24, 2.45) is 0 Å². The van der Waals surface area contributed by atoms with Crippen molar-refractivity contribution in [2.75, 3.05) is 4.72 Å². The van der Waals surface area contributed by atoms with Crippen LogP contribution in [0.3, 0.4) is 0 Å². The molecule has 0 aliphatic rings. The maximum atomic E-state index is 13.6. The van der Waals surface area contributed by atoms with Crippen molar-refractivity contribution in [3.63, 3.8) is 0 Å². The van der Waals surface area contributed by atoms with Gasteiger partial charge >= 0.3 is 0 Å². The fourth-order valence-corrected chi connectivity index (χ4v) is 4.88. The molecule has 0 spiro atoms. The van der Waals surface area contributed by atoms with Gasteiger partial charge in [0, 0.05) is 16.6 Å². The summed E-state index contributed by atoms with van der Waals surface area (Å²) in [4.78, 5) is 4.60. The van der Waals surface area contributed by atoms with Gasteiger partial charge in [0.1, 0.15) is 10.6 Å². The van der Waals surface area contributed by atoms with Gasteiger partial charge in [-0.15, -0.1) is 0 Å². The summed E-state index contributed by atoms with van der Waals surface area (Å²) in [6.45, 7) is 1.84. The van der Waals surface area contributed by atoms with Crippen LogP contribution in [0.2, 0.25) is 0 Å². The number of pyridine rings is 1. The first kappa shape index (κ1) is 20.0. The van der Waals surface area contributed by atoms with Crippen LogP contribution in [-0.2, 0) is 10.0 Å². The van der Waals surface area contributed by atoms with E-state index in [1.54, 1.807) is 16.9 Å².